The summed E-state index contributed by atoms with van der Waals surface area (Å²) in [7, 11) is -5.28. The SMILES string of the molecule is CCCCc1ccccc1C(C)CNS(=O)(=O)C(F)(F)F. The van der Waals surface area contributed by atoms with Gasteiger partial charge < -0.3 is 0 Å². The second-order valence-electron chi connectivity index (χ2n) is 5.00. The fourth-order valence-electron chi connectivity index (χ4n) is 2.04. The van der Waals surface area contributed by atoms with Crippen molar-refractivity contribution in [3.63, 3.8) is 0 Å². The summed E-state index contributed by atoms with van der Waals surface area (Å²) in [4.78, 5) is 0. The van der Waals surface area contributed by atoms with Crippen LogP contribution in [0.25, 0.3) is 0 Å². The Morgan fingerprint density at radius 1 is 1.24 bits per heavy atom. The third kappa shape index (κ3) is 5.00. The van der Waals surface area contributed by atoms with Gasteiger partial charge in [-0.3, -0.25) is 0 Å². The Morgan fingerprint density at radius 3 is 2.43 bits per heavy atom. The van der Waals surface area contributed by atoms with E-state index in [4.69, 9.17) is 0 Å². The van der Waals surface area contributed by atoms with Gasteiger partial charge in [0.2, 0.25) is 0 Å². The molecular weight excluding hydrogens is 303 g/mol. The molecule has 0 spiro atoms. The van der Waals surface area contributed by atoms with Gasteiger partial charge >= 0.3 is 15.5 Å². The van der Waals surface area contributed by atoms with E-state index in [2.05, 4.69) is 6.92 Å². The van der Waals surface area contributed by atoms with E-state index in [0.29, 0.717) is 0 Å². The molecule has 1 N–H and O–H groups in total. The smallest absolute Gasteiger partial charge is 0.207 e. The number of sulfonamides is 1. The first-order valence-corrected chi connectivity index (χ1v) is 8.31. The number of aryl methyl sites for hydroxylation is 1. The predicted molar refractivity (Wildman–Crippen MR) is 76.4 cm³/mol. The summed E-state index contributed by atoms with van der Waals surface area (Å²) >= 11 is 0. The second-order valence-corrected chi connectivity index (χ2v) is 6.76. The summed E-state index contributed by atoms with van der Waals surface area (Å²) in [5.74, 6) is -0.324. The van der Waals surface area contributed by atoms with E-state index in [1.807, 2.05) is 18.2 Å². The van der Waals surface area contributed by atoms with Gasteiger partial charge in [-0.05, 0) is 29.9 Å². The van der Waals surface area contributed by atoms with Crippen LogP contribution in [-0.4, -0.2) is 20.5 Å². The standard InChI is InChI=1S/C14H20F3NO2S/c1-3-4-7-12-8-5-6-9-13(12)11(2)10-18-21(19,20)14(15,16)17/h5-6,8-9,11,18H,3-4,7,10H2,1-2H3. The van der Waals surface area contributed by atoms with Crippen LogP contribution in [0.15, 0.2) is 24.3 Å². The number of hydrogen-bond donors (Lipinski definition) is 1. The molecule has 1 rings (SSSR count). The second kappa shape index (κ2) is 7.26. The van der Waals surface area contributed by atoms with Crippen molar-refractivity contribution < 1.29 is 21.6 Å². The molecule has 0 aliphatic rings. The van der Waals surface area contributed by atoms with Crippen molar-refractivity contribution in [3.8, 4) is 0 Å². The lowest BCUT2D eigenvalue weighted by Gasteiger charge is -2.18. The van der Waals surface area contributed by atoms with Crippen LogP contribution in [0.5, 0.6) is 0 Å². The first-order valence-electron chi connectivity index (χ1n) is 6.82. The number of rotatable bonds is 7. The van der Waals surface area contributed by atoms with Crippen LogP contribution >= 0.6 is 0 Å². The normalized spacial score (nSPS) is 14.1. The molecule has 0 aliphatic heterocycles. The number of benzene rings is 1. The molecule has 0 bridgehead atoms. The highest BCUT2D eigenvalue weighted by Gasteiger charge is 2.45. The molecule has 0 saturated carbocycles. The Bertz CT molecular complexity index is 556. The maximum atomic E-state index is 12.3. The van der Waals surface area contributed by atoms with Crippen molar-refractivity contribution in [3.05, 3.63) is 35.4 Å². The van der Waals surface area contributed by atoms with Crippen LogP contribution in [-0.2, 0) is 16.4 Å². The molecule has 1 aromatic carbocycles. The van der Waals surface area contributed by atoms with Gasteiger partial charge in [-0.25, -0.2) is 13.1 Å². The summed E-state index contributed by atoms with van der Waals surface area (Å²) in [5, 5.41) is 0. The fraction of sp³-hybridized carbons (Fsp3) is 0.571. The van der Waals surface area contributed by atoms with E-state index >= 15 is 0 Å². The van der Waals surface area contributed by atoms with Gasteiger partial charge in [0.15, 0.2) is 0 Å². The summed E-state index contributed by atoms with van der Waals surface area (Å²) < 4.78 is 60.5. The third-order valence-corrected chi connectivity index (χ3v) is 4.43. The Hall–Kier alpha value is -1.08. The van der Waals surface area contributed by atoms with Crippen LogP contribution in [0.2, 0.25) is 0 Å². The van der Waals surface area contributed by atoms with E-state index in [9.17, 15) is 21.6 Å². The van der Waals surface area contributed by atoms with Crippen molar-refractivity contribution in [2.24, 2.45) is 0 Å². The maximum Gasteiger partial charge on any atom is 0.511 e. The Labute approximate surface area is 123 Å². The molecule has 0 aliphatic carbocycles. The molecule has 0 heterocycles. The van der Waals surface area contributed by atoms with E-state index < -0.39 is 15.5 Å². The molecule has 0 amide bonds. The summed E-state index contributed by atoms with van der Waals surface area (Å²) in [6.07, 6.45) is 2.84. The molecule has 3 nitrogen and oxygen atoms in total. The Kier molecular flexibility index (Phi) is 6.22. The van der Waals surface area contributed by atoms with Crippen LogP contribution in [0.1, 0.15) is 43.7 Å². The first kappa shape index (κ1) is 18.0. The number of nitrogens with one attached hydrogen (secondary N) is 1. The molecular formula is C14H20F3NO2S. The summed E-state index contributed by atoms with van der Waals surface area (Å²) in [6.45, 7) is 3.50. The van der Waals surface area contributed by atoms with Gasteiger partial charge in [-0.2, -0.15) is 13.2 Å². The molecule has 1 aromatic rings. The molecule has 0 fully saturated rings. The van der Waals surface area contributed by atoms with Crippen LogP contribution in [0.4, 0.5) is 13.2 Å². The van der Waals surface area contributed by atoms with Crippen LogP contribution < -0.4 is 4.72 Å². The lowest BCUT2D eigenvalue weighted by molar-refractivity contribution is -0.0447. The summed E-state index contributed by atoms with van der Waals surface area (Å²) in [6, 6.07) is 7.44. The average molecular weight is 323 g/mol. The van der Waals surface area contributed by atoms with Gasteiger partial charge in [0, 0.05) is 6.54 Å². The molecule has 0 radical (unpaired) electrons. The highest BCUT2D eigenvalue weighted by molar-refractivity contribution is 7.90. The molecule has 1 unspecified atom stereocenters. The van der Waals surface area contributed by atoms with E-state index in [1.54, 1.807) is 17.7 Å². The van der Waals surface area contributed by atoms with Crippen LogP contribution in [0, 0.1) is 0 Å². The highest BCUT2D eigenvalue weighted by atomic mass is 32.2. The maximum absolute atomic E-state index is 12.3. The lowest BCUT2D eigenvalue weighted by atomic mass is 9.93. The van der Waals surface area contributed by atoms with E-state index in [1.165, 1.54) is 0 Å². The molecule has 120 valence electrons. The van der Waals surface area contributed by atoms with Gasteiger partial charge in [-0.15, -0.1) is 0 Å². The minimum atomic E-state index is -5.28. The van der Waals surface area contributed by atoms with Crippen molar-refractivity contribution in [2.45, 2.75) is 44.5 Å². The zero-order chi connectivity index (χ0) is 16.1. The molecule has 7 heteroatoms. The lowest BCUT2D eigenvalue weighted by Crippen LogP contribution is -2.38. The number of unbranched alkanes of at least 4 members (excludes halogenated alkanes) is 1. The van der Waals surface area contributed by atoms with Crippen molar-refractivity contribution in [2.75, 3.05) is 6.54 Å². The van der Waals surface area contributed by atoms with Crippen LogP contribution in [0.3, 0.4) is 0 Å². The van der Waals surface area contributed by atoms with Gasteiger partial charge in [0.25, 0.3) is 0 Å². The fourth-order valence-corrected chi connectivity index (χ4v) is 2.67. The number of alkyl halides is 3. The quantitative estimate of drug-likeness (QED) is 0.834. The van der Waals surface area contributed by atoms with Gasteiger partial charge in [-0.1, -0.05) is 44.5 Å². The van der Waals surface area contributed by atoms with E-state index in [0.717, 1.165) is 30.4 Å². The molecule has 0 saturated heterocycles. The minimum absolute atomic E-state index is 0.273. The first-order chi connectivity index (χ1) is 9.69. The minimum Gasteiger partial charge on any atom is -0.207 e. The zero-order valence-corrected chi connectivity index (χ0v) is 12.9. The van der Waals surface area contributed by atoms with E-state index in [-0.39, 0.29) is 12.5 Å². The topological polar surface area (TPSA) is 46.2 Å². The highest BCUT2D eigenvalue weighted by Crippen LogP contribution is 2.24. The third-order valence-electron chi connectivity index (χ3n) is 3.27. The number of halogens is 3. The average Bonchev–Trinajstić information content (AvgIpc) is 2.41. The molecule has 0 aromatic heterocycles. The number of hydrogen-bond acceptors (Lipinski definition) is 2. The van der Waals surface area contributed by atoms with Crippen molar-refractivity contribution in [1.29, 1.82) is 0 Å². The monoisotopic (exact) mass is 323 g/mol. The van der Waals surface area contributed by atoms with Crippen molar-refractivity contribution >= 4 is 10.0 Å². The predicted octanol–water partition coefficient (Wildman–Crippen LogP) is 3.57. The van der Waals surface area contributed by atoms with Gasteiger partial charge in [0.1, 0.15) is 0 Å². The Balaban J connectivity index is 2.79. The Morgan fingerprint density at radius 2 is 1.86 bits per heavy atom. The largest absolute Gasteiger partial charge is 0.511 e. The molecule has 21 heavy (non-hydrogen) atoms. The zero-order valence-electron chi connectivity index (χ0n) is 12.1. The molecule has 1 atom stereocenters. The van der Waals surface area contributed by atoms with Crippen molar-refractivity contribution in [1.82, 2.24) is 4.72 Å². The summed E-state index contributed by atoms with van der Waals surface area (Å²) in [5.41, 5.74) is -3.33. The van der Waals surface area contributed by atoms with Gasteiger partial charge in [0.05, 0.1) is 0 Å².